The van der Waals surface area contributed by atoms with E-state index in [2.05, 4.69) is 15.9 Å². The fourth-order valence-corrected chi connectivity index (χ4v) is 1.63. The number of aromatic hydroxyl groups is 1. The molecule has 0 aliphatic heterocycles. The predicted molar refractivity (Wildman–Crippen MR) is 58.5 cm³/mol. The molecule has 1 aromatic rings. The van der Waals surface area contributed by atoms with Crippen molar-refractivity contribution in [3.8, 4) is 5.75 Å². The van der Waals surface area contributed by atoms with E-state index in [9.17, 15) is 14.3 Å². The van der Waals surface area contributed by atoms with Crippen molar-refractivity contribution in [2.75, 3.05) is 0 Å². The minimum atomic E-state index is -0.837. The summed E-state index contributed by atoms with van der Waals surface area (Å²) in [5.74, 6) is -1.96. The number of hydrogen-bond acceptors (Lipinski definition) is 3. The van der Waals surface area contributed by atoms with Crippen LogP contribution in [-0.2, 0) is 0 Å². The molecule has 1 aromatic carbocycles. The van der Waals surface area contributed by atoms with Crippen LogP contribution in [0.15, 0.2) is 10.5 Å². The van der Waals surface area contributed by atoms with E-state index in [1.807, 2.05) is 0 Å². The van der Waals surface area contributed by atoms with E-state index in [0.717, 1.165) is 6.07 Å². The quantitative estimate of drug-likeness (QED) is 0.813. The molecule has 0 aliphatic carbocycles. The Morgan fingerprint density at radius 1 is 1.67 bits per heavy atom. The van der Waals surface area contributed by atoms with Crippen molar-refractivity contribution in [3.63, 3.8) is 0 Å². The minimum absolute atomic E-state index is 0.0584. The Morgan fingerprint density at radius 2 is 2.20 bits per heavy atom. The van der Waals surface area contributed by atoms with Crippen LogP contribution >= 0.6 is 15.9 Å². The molecule has 82 valence electrons. The topological polar surface area (TPSA) is 63.3 Å². The summed E-state index contributed by atoms with van der Waals surface area (Å²) in [5.41, 5.74) is 5.83. The van der Waals surface area contributed by atoms with Crippen molar-refractivity contribution >= 4 is 21.7 Å². The van der Waals surface area contributed by atoms with Crippen LogP contribution in [0.1, 0.15) is 22.8 Å². The molecule has 0 spiro atoms. The molecular formula is C10H11BrFNO2. The summed E-state index contributed by atoms with van der Waals surface area (Å²) in [5, 5.41) is 9.45. The number of rotatable bonds is 2. The average molecular weight is 276 g/mol. The Bertz CT molecular complexity index is 392. The van der Waals surface area contributed by atoms with Gasteiger partial charge in [-0.1, -0.05) is 15.9 Å². The van der Waals surface area contributed by atoms with E-state index >= 15 is 0 Å². The van der Waals surface area contributed by atoms with E-state index in [0.29, 0.717) is 10.0 Å². The van der Waals surface area contributed by atoms with Gasteiger partial charge in [-0.3, -0.25) is 4.79 Å². The van der Waals surface area contributed by atoms with Gasteiger partial charge in [0.2, 0.25) is 0 Å². The van der Waals surface area contributed by atoms with Gasteiger partial charge >= 0.3 is 0 Å². The zero-order valence-corrected chi connectivity index (χ0v) is 9.93. The Kier molecular flexibility index (Phi) is 3.46. The van der Waals surface area contributed by atoms with Crippen LogP contribution in [0.5, 0.6) is 5.75 Å². The molecule has 0 radical (unpaired) electrons. The van der Waals surface area contributed by atoms with Crippen LogP contribution in [0.3, 0.4) is 0 Å². The Hall–Kier alpha value is -0.940. The van der Waals surface area contributed by atoms with Crippen LogP contribution in [-0.4, -0.2) is 16.9 Å². The molecule has 0 saturated carbocycles. The summed E-state index contributed by atoms with van der Waals surface area (Å²) in [6, 6.07) is 0.339. The summed E-state index contributed by atoms with van der Waals surface area (Å²) in [6.07, 6.45) is 0. The maximum Gasteiger partial charge on any atom is 0.183 e. The molecule has 3 N–H and O–H groups in total. The first kappa shape index (κ1) is 12.1. The van der Waals surface area contributed by atoms with Crippen molar-refractivity contribution in [1.29, 1.82) is 0 Å². The molecular weight excluding hydrogens is 265 g/mol. The van der Waals surface area contributed by atoms with E-state index in [-0.39, 0.29) is 5.56 Å². The summed E-state index contributed by atoms with van der Waals surface area (Å²) >= 11 is 3.10. The lowest BCUT2D eigenvalue weighted by Crippen LogP contribution is -2.27. The van der Waals surface area contributed by atoms with Gasteiger partial charge in [0.25, 0.3) is 0 Å². The van der Waals surface area contributed by atoms with Gasteiger partial charge in [0.15, 0.2) is 17.3 Å². The SMILES string of the molecule is Cc1c(Br)cc(F)c(O)c1C(=O)C(C)N. The molecule has 5 heteroatoms. The maximum absolute atomic E-state index is 13.2. The summed E-state index contributed by atoms with van der Waals surface area (Å²) < 4.78 is 13.6. The molecule has 0 aliphatic rings. The van der Waals surface area contributed by atoms with E-state index in [1.165, 1.54) is 6.92 Å². The smallest absolute Gasteiger partial charge is 0.183 e. The Labute approximate surface area is 95.2 Å². The third-order valence-electron chi connectivity index (χ3n) is 2.11. The van der Waals surface area contributed by atoms with Gasteiger partial charge in [0, 0.05) is 4.47 Å². The van der Waals surface area contributed by atoms with Crippen LogP contribution in [0.25, 0.3) is 0 Å². The molecule has 15 heavy (non-hydrogen) atoms. The highest BCUT2D eigenvalue weighted by molar-refractivity contribution is 9.10. The summed E-state index contributed by atoms with van der Waals surface area (Å²) in [7, 11) is 0. The molecule has 0 heterocycles. The predicted octanol–water partition coefficient (Wildman–Crippen LogP) is 2.13. The lowest BCUT2D eigenvalue weighted by Gasteiger charge is -2.12. The van der Waals surface area contributed by atoms with Crippen LogP contribution in [0.4, 0.5) is 4.39 Å². The maximum atomic E-state index is 13.2. The fourth-order valence-electron chi connectivity index (χ4n) is 1.23. The number of benzene rings is 1. The van der Waals surface area contributed by atoms with Gasteiger partial charge in [-0.25, -0.2) is 4.39 Å². The monoisotopic (exact) mass is 275 g/mol. The number of carbonyl (C=O) groups excluding carboxylic acids is 1. The average Bonchev–Trinajstić information content (AvgIpc) is 2.15. The van der Waals surface area contributed by atoms with Crippen LogP contribution in [0, 0.1) is 12.7 Å². The fraction of sp³-hybridized carbons (Fsp3) is 0.300. The molecule has 0 saturated heterocycles. The highest BCUT2D eigenvalue weighted by Crippen LogP contribution is 2.31. The normalized spacial score (nSPS) is 12.6. The van der Waals surface area contributed by atoms with E-state index in [4.69, 9.17) is 5.73 Å². The van der Waals surface area contributed by atoms with Crippen LogP contribution in [0.2, 0.25) is 0 Å². The van der Waals surface area contributed by atoms with Gasteiger partial charge < -0.3 is 10.8 Å². The van der Waals surface area contributed by atoms with Crippen molar-refractivity contribution < 1.29 is 14.3 Å². The van der Waals surface area contributed by atoms with Gasteiger partial charge in [0.05, 0.1) is 11.6 Å². The lowest BCUT2D eigenvalue weighted by atomic mass is 9.99. The number of hydrogen-bond donors (Lipinski definition) is 2. The zero-order valence-electron chi connectivity index (χ0n) is 8.34. The number of ketones is 1. The third kappa shape index (κ3) is 2.18. The van der Waals surface area contributed by atoms with Gasteiger partial charge in [-0.05, 0) is 25.5 Å². The molecule has 1 atom stereocenters. The van der Waals surface area contributed by atoms with Crippen molar-refractivity contribution in [3.05, 3.63) is 27.5 Å². The first-order chi connectivity index (χ1) is 6.86. The summed E-state index contributed by atoms with van der Waals surface area (Å²) in [4.78, 5) is 11.6. The van der Waals surface area contributed by atoms with Crippen molar-refractivity contribution in [2.24, 2.45) is 5.73 Å². The largest absolute Gasteiger partial charge is 0.504 e. The first-order valence-electron chi connectivity index (χ1n) is 4.33. The molecule has 0 amide bonds. The van der Waals surface area contributed by atoms with E-state index in [1.54, 1.807) is 6.92 Å². The Morgan fingerprint density at radius 3 is 2.67 bits per heavy atom. The summed E-state index contributed by atoms with van der Waals surface area (Å²) in [6.45, 7) is 3.10. The highest BCUT2D eigenvalue weighted by atomic mass is 79.9. The third-order valence-corrected chi connectivity index (χ3v) is 2.93. The molecule has 0 fully saturated rings. The van der Waals surface area contributed by atoms with Gasteiger partial charge in [-0.15, -0.1) is 0 Å². The second-order valence-electron chi connectivity index (χ2n) is 3.34. The number of halogens is 2. The van der Waals surface area contributed by atoms with Crippen LogP contribution < -0.4 is 5.73 Å². The number of carbonyl (C=O) groups is 1. The molecule has 0 aromatic heterocycles. The van der Waals surface area contributed by atoms with Crippen molar-refractivity contribution in [2.45, 2.75) is 19.9 Å². The second kappa shape index (κ2) is 4.28. The molecule has 0 bridgehead atoms. The van der Waals surface area contributed by atoms with Crippen molar-refractivity contribution in [1.82, 2.24) is 0 Å². The van der Waals surface area contributed by atoms with Gasteiger partial charge in [-0.2, -0.15) is 0 Å². The molecule has 1 unspecified atom stereocenters. The standard InChI is InChI=1S/C10H11BrFNO2/c1-4-6(11)3-7(12)10(15)8(4)9(14)5(2)13/h3,5,15H,13H2,1-2H3. The van der Waals surface area contributed by atoms with E-state index < -0.39 is 23.4 Å². The molecule has 3 nitrogen and oxygen atoms in total. The first-order valence-corrected chi connectivity index (χ1v) is 5.13. The number of nitrogens with two attached hydrogens (primary N) is 1. The lowest BCUT2D eigenvalue weighted by molar-refractivity contribution is 0.0963. The Balaban J connectivity index is 3.46. The number of phenolic OH excluding ortho intramolecular Hbond substituents is 1. The second-order valence-corrected chi connectivity index (χ2v) is 4.20. The number of phenols is 1. The molecule has 1 rings (SSSR count). The minimum Gasteiger partial charge on any atom is -0.504 e. The van der Waals surface area contributed by atoms with Gasteiger partial charge in [0.1, 0.15) is 0 Å². The number of Topliss-reactive ketones (excluding diaryl/α,β-unsaturated/α-hetero) is 1. The highest BCUT2D eigenvalue weighted by Gasteiger charge is 2.22. The zero-order chi connectivity index (χ0) is 11.7.